The van der Waals surface area contributed by atoms with Crippen molar-refractivity contribution < 1.29 is 35.9 Å². The van der Waals surface area contributed by atoms with Crippen LogP contribution in [0.2, 0.25) is 0 Å². The minimum Gasteiger partial charge on any atom is -0.463 e. The van der Waals surface area contributed by atoms with E-state index in [9.17, 15) is 41.2 Å². The maximum atomic E-state index is 13.9. The van der Waals surface area contributed by atoms with Gasteiger partial charge in [0, 0.05) is 0 Å². The molecule has 0 amide bonds. The maximum absolute atomic E-state index is 13.9. The number of aromatic nitrogens is 1. The van der Waals surface area contributed by atoms with E-state index < -0.39 is 63.5 Å². The molecule has 1 aliphatic heterocycles. The Kier molecular flexibility index (Phi) is 7.18. The van der Waals surface area contributed by atoms with Gasteiger partial charge in [0.15, 0.2) is 0 Å². The van der Waals surface area contributed by atoms with Crippen molar-refractivity contribution in [2.75, 3.05) is 6.61 Å². The third kappa shape index (κ3) is 4.95. The van der Waals surface area contributed by atoms with Gasteiger partial charge in [0.2, 0.25) is 0 Å². The summed E-state index contributed by atoms with van der Waals surface area (Å²) < 4.78 is 87.7. The zero-order chi connectivity index (χ0) is 28.7. The average Bonchev–Trinajstić information content (AvgIpc) is 3.18. The fourth-order valence-corrected chi connectivity index (χ4v) is 5.45. The first-order valence-electron chi connectivity index (χ1n) is 11.2. The number of fused-ring (bicyclic) bond motifs is 1. The summed E-state index contributed by atoms with van der Waals surface area (Å²) in [6.07, 6.45) is -8.68. The maximum Gasteiger partial charge on any atom is 0.416 e. The van der Waals surface area contributed by atoms with Crippen LogP contribution in [0.5, 0.6) is 0 Å². The molecule has 0 aliphatic carbocycles. The number of thiazole rings is 1. The lowest BCUT2D eigenvalue weighted by molar-refractivity contribution is -0.139. The van der Waals surface area contributed by atoms with Crippen LogP contribution in [-0.2, 0) is 21.9 Å². The SMILES string of the molecule is CCOC(=O)C1=c2sc(=Cc3ccccc3C(F)(F)F)c(=O)n2C(N)=C(C#N)[C@@H]1c1ccccc1C(F)(F)F. The predicted molar refractivity (Wildman–Crippen MR) is 130 cm³/mol. The number of halogens is 6. The lowest BCUT2D eigenvalue weighted by Crippen LogP contribution is -2.40. The van der Waals surface area contributed by atoms with Crippen molar-refractivity contribution in [3.8, 4) is 6.07 Å². The van der Waals surface area contributed by atoms with Crippen molar-refractivity contribution in [3.05, 3.63) is 95.9 Å². The molecule has 1 atom stereocenters. The predicted octanol–water partition coefficient (Wildman–Crippen LogP) is 3.94. The molecule has 1 aromatic heterocycles. The van der Waals surface area contributed by atoms with Gasteiger partial charge in [-0.25, -0.2) is 4.79 Å². The molecule has 6 nitrogen and oxygen atoms in total. The van der Waals surface area contributed by atoms with Crippen molar-refractivity contribution in [2.45, 2.75) is 25.2 Å². The molecule has 0 radical (unpaired) electrons. The summed E-state index contributed by atoms with van der Waals surface area (Å²) in [5, 5.41) is 9.92. The standard InChI is InChI=1S/C26H17F6N3O3S/c1-2-38-24(37)20-19(14-8-4-6-10-17(14)26(30,31)32)15(12-33)21(34)35-22(36)18(39-23(20)35)11-13-7-3-5-9-16(13)25(27,28)29/h3-11,19H,2,34H2,1H3/t19-/m0/s1. The summed E-state index contributed by atoms with van der Waals surface area (Å²) in [7, 11) is 0. The van der Waals surface area contributed by atoms with E-state index in [0.717, 1.165) is 41.0 Å². The van der Waals surface area contributed by atoms with E-state index in [-0.39, 0.29) is 21.4 Å². The van der Waals surface area contributed by atoms with Crippen molar-refractivity contribution in [3.63, 3.8) is 0 Å². The number of nitrogens with zero attached hydrogens (tertiary/aromatic N) is 2. The Morgan fingerprint density at radius 3 is 2.26 bits per heavy atom. The van der Waals surface area contributed by atoms with Gasteiger partial charge in [-0.3, -0.25) is 9.36 Å². The number of carbonyl (C=O) groups excluding carboxylic acids is 1. The Balaban J connectivity index is 2.15. The molecule has 0 bridgehead atoms. The van der Waals surface area contributed by atoms with Gasteiger partial charge >= 0.3 is 18.3 Å². The number of nitriles is 1. The van der Waals surface area contributed by atoms with Gasteiger partial charge < -0.3 is 10.5 Å². The number of carbonyl (C=O) groups is 1. The molecule has 0 saturated carbocycles. The van der Waals surface area contributed by atoms with Crippen LogP contribution in [0.1, 0.15) is 35.1 Å². The molecule has 202 valence electrons. The summed E-state index contributed by atoms with van der Waals surface area (Å²) in [4.78, 5) is 26.5. The number of rotatable bonds is 4. The van der Waals surface area contributed by atoms with Gasteiger partial charge in [0.25, 0.3) is 5.56 Å². The van der Waals surface area contributed by atoms with E-state index in [1.807, 2.05) is 0 Å². The summed E-state index contributed by atoms with van der Waals surface area (Å²) >= 11 is 0.551. The molecule has 39 heavy (non-hydrogen) atoms. The lowest BCUT2D eigenvalue weighted by atomic mass is 9.81. The van der Waals surface area contributed by atoms with Crippen molar-refractivity contribution in [1.29, 1.82) is 5.26 Å². The van der Waals surface area contributed by atoms with Gasteiger partial charge in [0.1, 0.15) is 10.5 Å². The van der Waals surface area contributed by atoms with E-state index in [2.05, 4.69) is 0 Å². The molecule has 2 N–H and O–H groups in total. The first kappa shape index (κ1) is 27.7. The highest BCUT2D eigenvalue weighted by atomic mass is 32.1. The van der Waals surface area contributed by atoms with Crippen LogP contribution in [-0.4, -0.2) is 17.1 Å². The number of benzene rings is 2. The molecule has 0 saturated heterocycles. The summed E-state index contributed by atoms with van der Waals surface area (Å²) in [5.74, 6) is -3.33. The van der Waals surface area contributed by atoms with Crippen LogP contribution in [0.25, 0.3) is 17.5 Å². The minimum absolute atomic E-state index is 0.190. The van der Waals surface area contributed by atoms with Crippen LogP contribution in [0.4, 0.5) is 26.3 Å². The number of hydrogen-bond donors (Lipinski definition) is 1. The van der Waals surface area contributed by atoms with E-state index in [0.29, 0.717) is 11.3 Å². The Hall–Kier alpha value is -4.31. The monoisotopic (exact) mass is 565 g/mol. The molecule has 0 spiro atoms. The Morgan fingerprint density at radius 1 is 1.08 bits per heavy atom. The highest BCUT2D eigenvalue weighted by Gasteiger charge is 2.42. The van der Waals surface area contributed by atoms with Crippen molar-refractivity contribution in [2.24, 2.45) is 5.73 Å². The normalized spacial score (nSPS) is 16.2. The largest absolute Gasteiger partial charge is 0.463 e. The third-order valence-electron chi connectivity index (χ3n) is 5.89. The number of ether oxygens (including phenoxy) is 1. The van der Waals surface area contributed by atoms with Crippen LogP contribution in [0.3, 0.4) is 0 Å². The second kappa shape index (κ2) is 10.1. The fraction of sp³-hybridized carbons (Fsp3) is 0.192. The van der Waals surface area contributed by atoms with Crippen LogP contribution in [0, 0.1) is 11.3 Å². The van der Waals surface area contributed by atoms with Crippen LogP contribution < -0.4 is 20.5 Å². The molecule has 1 aliphatic rings. The second-order valence-electron chi connectivity index (χ2n) is 8.20. The van der Waals surface area contributed by atoms with Crippen molar-refractivity contribution in [1.82, 2.24) is 4.57 Å². The molecule has 0 unspecified atom stereocenters. The molecule has 2 aromatic carbocycles. The van der Waals surface area contributed by atoms with E-state index >= 15 is 0 Å². The smallest absolute Gasteiger partial charge is 0.416 e. The number of esters is 1. The fourth-order valence-electron chi connectivity index (χ4n) is 4.29. The first-order chi connectivity index (χ1) is 18.3. The highest BCUT2D eigenvalue weighted by Crippen LogP contribution is 2.43. The topological polar surface area (TPSA) is 98.1 Å². The van der Waals surface area contributed by atoms with Gasteiger partial charge in [-0.05, 0) is 36.3 Å². The zero-order valence-electron chi connectivity index (χ0n) is 19.9. The number of allylic oxidation sites excluding steroid dienone is 1. The number of nitrogens with two attached hydrogens (primary N) is 1. The summed E-state index contributed by atoms with van der Waals surface area (Å²) in [6.45, 7) is 1.26. The third-order valence-corrected chi connectivity index (χ3v) is 7.00. The molecule has 3 aromatic rings. The Labute approximate surface area is 220 Å². The molecule has 2 heterocycles. The first-order valence-corrected chi connectivity index (χ1v) is 12.0. The average molecular weight is 565 g/mol. The van der Waals surface area contributed by atoms with Crippen LogP contribution >= 0.6 is 11.3 Å². The molecular weight excluding hydrogens is 548 g/mol. The number of alkyl halides is 6. The van der Waals surface area contributed by atoms with Gasteiger partial charge in [-0.2, -0.15) is 31.6 Å². The van der Waals surface area contributed by atoms with E-state index in [1.54, 1.807) is 6.07 Å². The highest BCUT2D eigenvalue weighted by molar-refractivity contribution is 7.07. The van der Waals surface area contributed by atoms with Gasteiger partial charge in [0.05, 0.1) is 45.4 Å². The van der Waals surface area contributed by atoms with Crippen molar-refractivity contribution >= 4 is 34.8 Å². The van der Waals surface area contributed by atoms with E-state index in [1.165, 1.54) is 25.1 Å². The molecule has 4 rings (SSSR count). The summed E-state index contributed by atoms with van der Waals surface area (Å²) in [6, 6.07) is 10.4. The molecular formula is C26H17F6N3O3S. The quantitative estimate of drug-likeness (QED) is 0.382. The van der Waals surface area contributed by atoms with Gasteiger partial charge in [-0.15, -0.1) is 11.3 Å². The van der Waals surface area contributed by atoms with E-state index in [4.69, 9.17) is 10.5 Å². The number of hydrogen-bond acceptors (Lipinski definition) is 6. The molecule has 13 heteroatoms. The summed E-state index contributed by atoms with van der Waals surface area (Å²) in [5.41, 5.74) is 1.15. The minimum atomic E-state index is -4.88. The Morgan fingerprint density at radius 2 is 1.67 bits per heavy atom. The lowest BCUT2D eigenvalue weighted by Gasteiger charge is -2.26. The zero-order valence-corrected chi connectivity index (χ0v) is 20.7. The second-order valence-corrected chi connectivity index (χ2v) is 9.23. The molecule has 0 fully saturated rings. The van der Waals surface area contributed by atoms with Gasteiger partial charge in [-0.1, -0.05) is 36.4 Å². The Bertz CT molecular complexity index is 1730. The van der Waals surface area contributed by atoms with Crippen LogP contribution in [0.15, 0.2) is 58.9 Å².